The Morgan fingerprint density at radius 3 is 2.62 bits per heavy atom. The normalized spacial score (nSPS) is 32.5. The van der Waals surface area contributed by atoms with Crippen LogP contribution in [-0.4, -0.2) is 36.5 Å². The molecule has 1 rings (SSSR count). The van der Waals surface area contributed by atoms with Gasteiger partial charge >= 0.3 is 5.97 Å². The molecule has 0 spiro atoms. The first-order chi connectivity index (χ1) is 7.40. The van der Waals surface area contributed by atoms with Gasteiger partial charge in [-0.1, -0.05) is 13.8 Å². The molecule has 1 aliphatic heterocycles. The molecule has 0 aromatic rings. The fraction of sp³-hybridized carbons (Fsp3) is 0.917. The SMILES string of the molecule is COC(=O)C(C)C1(O)CCOC(C(C)C)C1. The minimum atomic E-state index is -0.986. The number of hydrogen-bond donors (Lipinski definition) is 1. The van der Waals surface area contributed by atoms with Crippen molar-refractivity contribution in [2.75, 3.05) is 13.7 Å². The Kier molecular flexibility index (Phi) is 4.33. The molecule has 4 heteroatoms. The van der Waals surface area contributed by atoms with E-state index < -0.39 is 11.5 Å². The maximum atomic E-state index is 11.5. The number of aliphatic hydroxyl groups is 1. The third-order valence-electron chi connectivity index (χ3n) is 3.53. The number of methoxy groups -OCH3 is 1. The summed E-state index contributed by atoms with van der Waals surface area (Å²) in [6, 6.07) is 0. The van der Waals surface area contributed by atoms with Crippen molar-refractivity contribution in [2.24, 2.45) is 11.8 Å². The fourth-order valence-corrected chi connectivity index (χ4v) is 2.11. The van der Waals surface area contributed by atoms with Crippen LogP contribution < -0.4 is 0 Å². The van der Waals surface area contributed by atoms with E-state index in [0.717, 1.165) is 0 Å². The molecule has 1 heterocycles. The van der Waals surface area contributed by atoms with Crippen LogP contribution >= 0.6 is 0 Å². The summed E-state index contributed by atoms with van der Waals surface area (Å²) in [5.74, 6) is -0.508. The molecule has 16 heavy (non-hydrogen) atoms. The van der Waals surface area contributed by atoms with Gasteiger partial charge in [0.05, 0.1) is 24.7 Å². The van der Waals surface area contributed by atoms with Crippen LogP contribution in [0, 0.1) is 11.8 Å². The molecule has 4 nitrogen and oxygen atoms in total. The Labute approximate surface area is 96.9 Å². The zero-order chi connectivity index (χ0) is 12.3. The number of carbonyl (C=O) groups excluding carboxylic acids is 1. The van der Waals surface area contributed by atoms with Crippen molar-refractivity contribution >= 4 is 5.97 Å². The van der Waals surface area contributed by atoms with Crippen molar-refractivity contribution in [3.8, 4) is 0 Å². The molecule has 1 saturated heterocycles. The second-order valence-electron chi connectivity index (χ2n) is 4.96. The van der Waals surface area contributed by atoms with Gasteiger partial charge in [-0.3, -0.25) is 4.79 Å². The van der Waals surface area contributed by atoms with Crippen LogP contribution in [-0.2, 0) is 14.3 Å². The van der Waals surface area contributed by atoms with Crippen LogP contribution in [0.4, 0.5) is 0 Å². The van der Waals surface area contributed by atoms with Crippen LogP contribution in [0.5, 0.6) is 0 Å². The van der Waals surface area contributed by atoms with Crippen molar-refractivity contribution in [1.29, 1.82) is 0 Å². The lowest BCUT2D eigenvalue weighted by atomic mass is 9.78. The molecule has 0 saturated carbocycles. The minimum Gasteiger partial charge on any atom is -0.469 e. The first kappa shape index (κ1) is 13.5. The van der Waals surface area contributed by atoms with E-state index in [1.165, 1.54) is 7.11 Å². The van der Waals surface area contributed by atoms with Crippen molar-refractivity contribution in [1.82, 2.24) is 0 Å². The molecule has 0 aromatic heterocycles. The largest absolute Gasteiger partial charge is 0.469 e. The van der Waals surface area contributed by atoms with Gasteiger partial charge in [0.25, 0.3) is 0 Å². The predicted molar refractivity (Wildman–Crippen MR) is 59.9 cm³/mol. The summed E-state index contributed by atoms with van der Waals surface area (Å²) in [6.07, 6.45) is 1.01. The van der Waals surface area contributed by atoms with E-state index in [-0.39, 0.29) is 12.1 Å². The lowest BCUT2D eigenvalue weighted by Crippen LogP contribution is -2.49. The van der Waals surface area contributed by atoms with Crippen molar-refractivity contribution in [2.45, 2.75) is 45.3 Å². The molecule has 1 N–H and O–H groups in total. The molecule has 1 fully saturated rings. The Hall–Kier alpha value is -0.610. The highest BCUT2D eigenvalue weighted by Crippen LogP contribution is 2.34. The van der Waals surface area contributed by atoms with E-state index in [1.807, 2.05) is 0 Å². The van der Waals surface area contributed by atoms with Gasteiger partial charge in [-0.25, -0.2) is 0 Å². The molecule has 94 valence electrons. The molecule has 1 aliphatic rings. The molecule has 0 amide bonds. The summed E-state index contributed by atoms with van der Waals surface area (Å²) in [5.41, 5.74) is -0.986. The third-order valence-corrected chi connectivity index (χ3v) is 3.53. The van der Waals surface area contributed by atoms with Crippen LogP contribution in [0.1, 0.15) is 33.6 Å². The van der Waals surface area contributed by atoms with E-state index in [0.29, 0.717) is 25.4 Å². The summed E-state index contributed by atoms with van der Waals surface area (Å²) in [4.78, 5) is 11.5. The van der Waals surface area contributed by atoms with Crippen LogP contribution in [0.3, 0.4) is 0 Å². The highest BCUT2D eigenvalue weighted by atomic mass is 16.5. The first-order valence-electron chi connectivity index (χ1n) is 5.82. The average molecular weight is 230 g/mol. The lowest BCUT2D eigenvalue weighted by molar-refractivity contribution is -0.171. The number of hydrogen-bond acceptors (Lipinski definition) is 4. The van der Waals surface area contributed by atoms with Crippen LogP contribution in [0.15, 0.2) is 0 Å². The van der Waals surface area contributed by atoms with Gasteiger partial charge in [-0.05, 0) is 12.8 Å². The van der Waals surface area contributed by atoms with Gasteiger partial charge in [-0.2, -0.15) is 0 Å². The maximum absolute atomic E-state index is 11.5. The van der Waals surface area contributed by atoms with Gasteiger partial charge in [0, 0.05) is 19.4 Å². The Morgan fingerprint density at radius 2 is 2.12 bits per heavy atom. The quantitative estimate of drug-likeness (QED) is 0.744. The molecule has 3 unspecified atom stereocenters. The maximum Gasteiger partial charge on any atom is 0.311 e. The van der Waals surface area contributed by atoms with Gasteiger partial charge in [0.2, 0.25) is 0 Å². The number of rotatable bonds is 3. The zero-order valence-electron chi connectivity index (χ0n) is 10.5. The highest BCUT2D eigenvalue weighted by Gasteiger charge is 2.44. The fourth-order valence-electron chi connectivity index (χ4n) is 2.11. The van der Waals surface area contributed by atoms with Crippen molar-refractivity contribution < 1.29 is 19.4 Å². The van der Waals surface area contributed by atoms with Crippen LogP contribution in [0.2, 0.25) is 0 Å². The Bertz CT molecular complexity index is 251. The monoisotopic (exact) mass is 230 g/mol. The molecular weight excluding hydrogens is 208 g/mol. The van der Waals surface area contributed by atoms with Gasteiger partial charge < -0.3 is 14.6 Å². The summed E-state index contributed by atoms with van der Waals surface area (Å²) >= 11 is 0. The smallest absolute Gasteiger partial charge is 0.311 e. The summed E-state index contributed by atoms with van der Waals surface area (Å²) < 4.78 is 10.3. The molecule has 3 atom stereocenters. The second-order valence-corrected chi connectivity index (χ2v) is 4.96. The Balaban J connectivity index is 2.72. The topological polar surface area (TPSA) is 55.8 Å². The predicted octanol–water partition coefficient (Wildman–Crippen LogP) is 1.36. The zero-order valence-corrected chi connectivity index (χ0v) is 10.5. The molecule has 0 radical (unpaired) electrons. The van der Waals surface area contributed by atoms with E-state index >= 15 is 0 Å². The number of ether oxygens (including phenoxy) is 2. The highest BCUT2D eigenvalue weighted by molar-refractivity contribution is 5.73. The average Bonchev–Trinajstić information content (AvgIpc) is 2.27. The van der Waals surface area contributed by atoms with E-state index in [4.69, 9.17) is 4.74 Å². The molecule has 0 aromatic carbocycles. The van der Waals surface area contributed by atoms with E-state index in [2.05, 4.69) is 18.6 Å². The van der Waals surface area contributed by atoms with Gasteiger partial charge in [-0.15, -0.1) is 0 Å². The van der Waals surface area contributed by atoms with E-state index in [1.54, 1.807) is 6.92 Å². The molecule has 0 bridgehead atoms. The van der Waals surface area contributed by atoms with Crippen molar-refractivity contribution in [3.63, 3.8) is 0 Å². The van der Waals surface area contributed by atoms with Gasteiger partial charge in [0.15, 0.2) is 0 Å². The Morgan fingerprint density at radius 1 is 1.50 bits per heavy atom. The number of carbonyl (C=O) groups is 1. The molecule has 0 aliphatic carbocycles. The first-order valence-corrected chi connectivity index (χ1v) is 5.82. The van der Waals surface area contributed by atoms with E-state index in [9.17, 15) is 9.90 Å². The van der Waals surface area contributed by atoms with Crippen LogP contribution in [0.25, 0.3) is 0 Å². The number of esters is 1. The summed E-state index contributed by atoms with van der Waals surface area (Å²) in [6.45, 7) is 6.33. The van der Waals surface area contributed by atoms with Gasteiger partial charge in [0.1, 0.15) is 0 Å². The second kappa shape index (κ2) is 5.15. The summed E-state index contributed by atoms with van der Waals surface area (Å²) in [5, 5.41) is 10.5. The lowest BCUT2D eigenvalue weighted by Gasteiger charge is -2.41. The third kappa shape index (κ3) is 2.74. The van der Waals surface area contributed by atoms with Crippen molar-refractivity contribution in [3.05, 3.63) is 0 Å². The summed E-state index contributed by atoms with van der Waals surface area (Å²) in [7, 11) is 1.35. The molecular formula is C12H22O4. The minimum absolute atomic E-state index is 0.0193. The standard InChI is InChI=1S/C12H22O4/c1-8(2)10-7-12(14,5-6-16-10)9(3)11(13)15-4/h8-10,14H,5-7H2,1-4H3.